The molecule has 0 N–H and O–H groups in total. The van der Waals surface area contributed by atoms with E-state index in [0.29, 0.717) is 0 Å². The van der Waals surface area contributed by atoms with Crippen molar-refractivity contribution in [3.8, 4) is 39.7 Å². The number of para-hydroxylation sites is 1. The summed E-state index contributed by atoms with van der Waals surface area (Å²) in [7, 11) is 1.68. The van der Waals surface area contributed by atoms with Gasteiger partial charge in [0.2, 0.25) is 0 Å². The molecule has 0 aliphatic heterocycles. The Kier molecular flexibility index (Phi) is 4.62. The first-order chi connectivity index (χ1) is 16.3. The van der Waals surface area contributed by atoms with E-state index in [1.165, 1.54) is 0 Å². The monoisotopic (exact) mass is 427 g/mol. The highest BCUT2D eigenvalue weighted by molar-refractivity contribution is 5.97. The fraction of sp³-hybridized carbons (Fsp3) is 0.0345. The van der Waals surface area contributed by atoms with Gasteiger partial charge in [0, 0.05) is 22.1 Å². The van der Waals surface area contributed by atoms with Gasteiger partial charge < -0.3 is 4.74 Å². The zero-order valence-corrected chi connectivity index (χ0v) is 18.1. The van der Waals surface area contributed by atoms with Gasteiger partial charge in [-0.3, -0.25) is 4.40 Å². The first-order valence-electron chi connectivity index (χ1n) is 10.9. The van der Waals surface area contributed by atoms with E-state index in [1.54, 1.807) is 7.11 Å². The number of aromatic nitrogens is 3. The van der Waals surface area contributed by atoms with Gasteiger partial charge in [-0.2, -0.15) is 0 Å². The number of hydrogen-bond donors (Lipinski definition) is 0. The van der Waals surface area contributed by atoms with Crippen molar-refractivity contribution in [2.24, 2.45) is 0 Å². The molecule has 0 aliphatic carbocycles. The molecule has 4 nitrogen and oxygen atoms in total. The predicted octanol–water partition coefficient (Wildman–Crippen LogP) is 6.89. The van der Waals surface area contributed by atoms with Crippen molar-refractivity contribution in [3.63, 3.8) is 0 Å². The van der Waals surface area contributed by atoms with Gasteiger partial charge in [0.05, 0.1) is 24.0 Å². The third kappa shape index (κ3) is 3.24. The van der Waals surface area contributed by atoms with Crippen LogP contribution in [0, 0.1) is 0 Å². The largest absolute Gasteiger partial charge is 0.497 e. The van der Waals surface area contributed by atoms with E-state index in [2.05, 4.69) is 52.9 Å². The van der Waals surface area contributed by atoms with Crippen LogP contribution in [0.5, 0.6) is 5.75 Å². The smallest absolute Gasteiger partial charge is 0.149 e. The zero-order chi connectivity index (χ0) is 22.2. The lowest BCUT2D eigenvalue weighted by molar-refractivity contribution is 0.415. The first kappa shape index (κ1) is 19.3. The molecular weight excluding hydrogens is 406 g/mol. The maximum absolute atomic E-state index is 5.51. The maximum atomic E-state index is 5.51. The van der Waals surface area contributed by atoms with Gasteiger partial charge >= 0.3 is 0 Å². The summed E-state index contributed by atoms with van der Waals surface area (Å²) in [5.74, 6) is 1.62. The lowest BCUT2D eigenvalue weighted by Gasteiger charge is -2.13. The Morgan fingerprint density at radius 1 is 0.636 bits per heavy atom. The summed E-state index contributed by atoms with van der Waals surface area (Å²) in [4.78, 5) is 10.3. The van der Waals surface area contributed by atoms with Gasteiger partial charge in [0.25, 0.3) is 0 Å². The van der Waals surface area contributed by atoms with Gasteiger partial charge in [0.1, 0.15) is 17.2 Å². The summed E-state index contributed by atoms with van der Waals surface area (Å²) in [5.41, 5.74) is 6.88. The topological polar surface area (TPSA) is 39.4 Å². The van der Waals surface area contributed by atoms with E-state index in [9.17, 15) is 0 Å². The van der Waals surface area contributed by atoms with E-state index >= 15 is 0 Å². The summed E-state index contributed by atoms with van der Waals surface area (Å²) < 4.78 is 7.70. The number of rotatable bonds is 4. The standard InChI is InChI=1S/C29H21N3O/c1-33-23-16-10-15-22(19-23)28-30-25-18-9-8-17-24(25)29-31-26(20-11-4-2-5-12-20)27(32(28)29)21-13-6-3-7-14-21/h2-19H,1H3. The van der Waals surface area contributed by atoms with Gasteiger partial charge in [-0.1, -0.05) is 84.9 Å². The molecule has 0 radical (unpaired) electrons. The minimum Gasteiger partial charge on any atom is -0.497 e. The van der Waals surface area contributed by atoms with Crippen LogP contribution in [-0.4, -0.2) is 21.5 Å². The molecule has 2 aromatic heterocycles. The Balaban J connectivity index is 1.81. The normalized spacial score (nSPS) is 11.2. The van der Waals surface area contributed by atoms with Crippen molar-refractivity contribution in [2.75, 3.05) is 7.11 Å². The quantitative estimate of drug-likeness (QED) is 0.307. The molecule has 6 aromatic rings. The number of nitrogens with zero attached hydrogens (tertiary/aromatic N) is 3. The SMILES string of the molecule is COc1cccc(-c2nc3ccccc3c3nc(-c4ccccc4)c(-c4ccccc4)n23)c1. The minimum atomic E-state index is 0.792. The van der Waals surface area contributed by atoms with Gasteiger partial charge in [0.15, 0.2) is 0 Å². The zero-order valence-electron chi connectivity index (χ0n) is 18.1. The summed E-state index contributed by atoms with van der Waals surface area (Å²) in [6, 6.07) is 36.9. The Labute approximate surface area is 191 Å². The predicted molar refractivity (Wildman–Crippen MR) is 133 cm³/mol. The van der Waals surface area contributed by atoms with E-state index in [-0.39, 0.29) is 0 Å². The molecule has 6 rings (SSSR count). The van der Waals surface area contributed by atoms with Crippen LogP contribution in [0.3, 0.4) is 0 Å². The van der Waals surface area contributed by atoms with Crippen LogP contribution in [0.15, 0.2) is 109 Å². The Hall–Kier alpha value is -4.44. The van der Waals surface area contributed by atoms with Crippen LogP contribution in [0.4, 0.5) is 0 Å². The van der Waals surface area contributed by atoms with Crippen LogP contribution in [0.25, 0.3) is 50.5 Å². The van der Waals surface area contributed by atoms with Crippen LogP contribution in [0.1, 0.15) is 0 Å². The van der Waals surface area contributed by atoms with Gasteiger partial charge in [-0.15, -0.1) is 0 Å². The van der Waals surface area contributed by atoms with E-state index < -0.39 is 0 Å². The molecule has 0 amide bonds. The summed E-state index contributed by atoms with van der Waals surface area (Å²) >= 11 is 0. The molecule has 158 valence electrons. The fourth-order valence-electron chi connectivity index (χ4n) is 4.35. The third-order valence-corrected chi connectivity index (χ3v) is 5.88. The van der Waals surface area contributed by atoms with Crippen LogP contribution >= 0.6 is 0 Å². The van der Waals surface area contributed by atoms with Crippen molar-refractivity contribution >= 4 is 16.6 Å². The average molecular weight is 428 g/mol. The second kappa shape index (κ2) is 7.92. The summed E-state index contributed by atoms with van der Waals surface area (Å²) in [5, 5.41) is 1.02. The molecule has 2 heterocycles. The van der Waals surface area contributed by atoms with Crippen LogP contribution < -0.4 is 4.74 Å². The van der Waals surface area contributed by atoms with Crippen molar-refractivity contribution in [1.29, 1.82) is 0 Å². The lowest BCUT2D eigenvalue weighted by Crippen LogP contribution is -2.00. The highest BCUT2D eigenvalue weighted by Crippen LogP contribution is 2.38. The fourth-order valence-corrected chi connectivity index (χ4v) is 4.35. The van der Waals surface area contributed by atoms with Crippen molar-refractivity contribution < 1.29 is 4.74 Å². The molecule has 0 unspecified atom stereocenters. The van der Waals surface area contributed by atoms with Crippen LogP contribution in [0.2, 0.25) is 0 Å². The molecular formula is C29H21N3O. The van der Waals surface area contributed by atoms with E-state index in [4.69, 9.17) is 14.7 Å². The number of hydrogen-bond acceptors (Lipinski definition) is 3. The number of methoxy groups -OCH3 is 1. The Morgan fingerprint density at radius 3 is 2.06 bits per heavy atom. The number of ether oxygens (including phenoxy) is 1. The number of benzene rings is 4. The van der Waals surface area contributed by atoms with E-state index in [0.717, 1.165) is 56.2 Å². The van der Waals surface area contributed by atoms with Crippen molar-refractivity contribution in [1.82, 2.24) is 14.4 Å². The molecule has 0 fully saturated rings. The molecule has 0 bridgehead atoms. The molecule has 0 saturated heterocycles. The van der Waals surface area contributed by atoms with Crippen LogP contribution in [-0.2, 0) is 0 Å². The number of imidazole rings is 1. The Bertz CT molecular complexity index is 1590. The molecule has 0 spiro atoms. The third-order valence-electron chi connectivity index (χ3n) is 5.88. The Morgan fingerprint density at radius 2 is 1.30 bits per heavy atom. The second-order valence-corrected chi connectivity index (χ2v) is 7.88. The molecule has 4 heteroatoms. The van der Waals surface area contributed by atoms with E-state index in [1.807, 2.05) is 60.7 Å². The molecule has 0 saturated carbocycles. The molecule has 0 aliphatic rings. The highest BCUT2D eigenvalue weighted by atomic mass is 16.5. The summed E-state index contributed by atoms with van der Waals surface area (Å²) in [6.45, 7) is 0. The molecule has 4 aromatic carbocycles. The minimum absolute atomic E-state index is 0.792. The van der Waals surface area contributed by atoms with Gasteiger partial charge in [-0.05, 0) is 24.3 Å². The summed E-state index contributed by atoms with van der Waals surface area (Å²) in [6.07, 6.45) is 0. The van der Waals surface area contributed by atoms with Gasteiger partial charge in [-0.25, -0.2) is 9.97 Å². The molecule has 0 atom stereocenters. The average Bonchev–Trinajstić information content (AvgIpc) is 3.30. The second-order valence-electron chi connectivity index (χ2n) is 7.88. The number of fused-ring (bicyclic) bond motifs is 3. The maximum Gasteiger partial charge on any atom is 0.149 e. The van der Waals surface area contributed by atoms with Crippen molar-refractivity contribution in [2.45, 2.75) is 0 Å². The molecule has 33 heavy (non-hydrogen) atoms. The highest BCUT2D eigenvalue weighted by Gasteiger charge is 2.21. The van der Waals surface area contributed by atoms with Crippen molar-refractivity contribution in [3.05, 3.63) is 109 Å². The lowest BCUT2D eigenvalue weighted by atomic mass is 10.0. The first-order valence-corrected chi connectivity index (χ1v) is 10.9.